The average Bonchev–Trinajstić information content (AvgIpc) is 3.02. The predicted molar refractivity (Wildman–Crippen MR) is 88.1 cm³/mol. The molecule has 6 nitrogen and oxygen atoms in total. The number of H-pyrrole nitrogens is 1. The maximum absolute atomic E-state index is 14.1. The van der Waals surface area contributed by atoms with Gasteiger partial charge in [0.2, 0.25) is 5.88 Å². The van der Waals surface area contributed by atoms with E-state index in [0.717, 1.165) is 36.0 Å². The lowest BCUT2D eigenvalue weighted by Crippen LogP contribution is -2.45. The summed E-state index contributed by atoms with van der Waals surface area (Å²) in [4.78, 5) is 11.8. The monoisotopic (exact) mass is 334 g/mol. The van der Waals surface area contributed by atoms with Gasteiger partial charge in [-0.05, 0) is 44.2 Å². The maximum Gasteiger partial charge on any atom is 0.226 e. The molecule has 24 heavy (non-hydrogen) atoms. The molecule has 2 aliphatic heterocycles. The van der Waals surface area contributed by atoms with E-state index in [9.17, 15) is 4.39 Å². The number of nitrogens with zero attached hydrogens (tertiary/aromatic N) is 2. The van der Waals surface area contributed by atoms with Gasteiger partial charge in [0, 0.05) is 19.3 Å². The molecule has 7 heteroatoms. The van der Waals surface area contributed by atoms with Crippen LogP contribution in [0.1, 0.15) is 37.7 Å². The van der Waals surface area contributed by atoms with Crippen LogP contribution in [0.15, 0.2) is 12.5 Å². The Morgan fingerprint density at radius 2 is 2.25 bits per heavy atom. The van der Waals surface area contributed by atoms with E-state index in [2.05, 4.69) is 27.2 Å². The zero-order valence-electron chi connectivity index (χ0n) is 13.8. The summed E-state index contributed by atoms with van der Waals surface area (Å²) in [6, 6.07) is 0. The standard InChI is InChI=1S/C17H23FN4O2/c1-10-6-11(3-5-23-10)12-7-20-16-15(12)17(22-9-21-16)24-14-8-19-4-2-13(14)18/h7,9-11,13-14,19H,2-6,8H2,1H3,(H,20,21,22)/t10?,11?,13-,14+/m1/s1. The second-order valence-corrected chi connectivity index (χ2v) is 6.71. The Balaban J connectivity index is 1.66. The van der Waals surface area contributed by atoms with E-state index >= 15 is 0 Å². The molecule has 0 amide bonds. The molecule has 2 aromatic rings. The maximum atomic E-state index is 14.1. The first-order valence-electron chi connectivity index (χ1n) is 8.67. The number of fused-ring (bicyclic) bond motifs is 1. The van der Waals surface area contributed by atoms with Gasteiger partial charge in [-0.3, -0.25) is 0 Å². The summed E-state index contributed by atoms with van der Waals surface area (Å²) < 4.78 is 25.7. The predicted octanol–water partition coefficient (Wildman–Crippen LogP) is 2.32. The summed E-state index contributed by atoms with van der Waals surface area (Å²) in [6.45, 7) is 4.04. The highest BCUT2D eigenvalue weighted by Gasteiger charge is 2.29. The highest BCUT2D eigenvalue weighted by atomic mass is 19.1. The van der Waals surface area contributed by atoms with Crippen molar-refractivity contribution >= 4 is 11.0 Å². The van der Waals surface area contributed by atoms with Crippen LogP contribution >= 0.6 is 0 Å². The normalized spacial score (nSPS) is 31.2. The van der Waals surface area contributed by atoms with Crippen molar-refractivity contribution in [2.75, 3.05) is 19.7 Å². The lowest BCUT2D eigenvalue weighted by Gasteiger charge is -2.28. The molecule has 0 radical (unpaired) electrons. The van der Waals surface area contributed by atoms with Crippen LogP contribution in [-0.4, -0.2) is 53.0 Å². The van der Waals surface area contributed by atoms with E-state index in [0.29, 0.717) is 31.3 Å². The number of nitrogens with one attached hydrogen (secondary N) is 2. The van der Waals surface area contributed by atoms with Gasteiger partial charge >= 0.3 is 0 Å². The number of ether oxygens (including phenoxy) is 2. The molecule has 4 heterocycles. The fourth-order valence-corrected chi connectivity index (χ4v) is 3.71. The van der Waals surface area contributed by atoms with Crippen LogP contribution in [-0.2, 0) is 4.74 Å². The molecule has 2 N–H and O–H groups in total. The van der Waals surface area contributed by atoms with Crippen molar-refractivity contribution < 1.29 is 13.9 Å². The van der Waals surface area contributed by atoms with Gasteiger partial charge in [0.15, 0.2) is 0 Å². The number of halogens is 1. The molecule has 0 bridgehead atoms. The molecular weight excluding hydrogens is 311 g/mol. The third-order valence-corrected chi connectivity index (χ3v) is 5.00. The largest absolute Gasteiger partial charge is 0.469 e. The van der Waals surface area contributed by atoms with Gasteiger partial charge in [-0.1, -0.05) is 0 Å². The Hall–Kier alpha value is -1.73. The second kappa shape index (κ2) is 6.64. The summed E-state index contributed by atoms with van der Waals surface area (Å²) in [7, 11) is 0. The second-order valence-electron chi connectivity index (χ2n) is 6.71. The van der Waals surface area contributed by atoms with Gasteiger partial charge in [0.25, 0.3) is 0 Å². The number of piperidine rings is 1. The first kappa shape index (κ1) is 15.8. The molecule has 2 aliphatic rings. The number of hydrogen-bond acceptors (Lipinski definition) is 5. The van der Waals surface area contributed by atoms with Crippen LogP contribution in [0, 0.1) is 0 Å². The molecule has 4 atom stereocenters. The van der Waals surface area contributed by atoms with E-state index in [4.69, 9.17) is 9.47 Å². The fraction of sp³-hybridized carbons (Fsp3) is 0.647. The number of hydrogen-bond donors (Lipinski definition) is 2. The summed E-state index contributed by atoms with van der Waals surface area (Å²) in [6.07, 6.45) is 4.60. The molecule has 2 aromatic heterocycles. The van der Waals surface area contributed by atoms with Crippen LogP contribution in [0.5, 0.6) is 5.88 Å². The summed E-state index contributed by atoms with van der Waals surface area (Å²) in [5.41, 5.74) is 1.89. The molecule has 0 aliphatic carbocycles. The third kappa shape index (κ3) is 2.98. The zero-order valence-corrected chi connectivity index (χ0v) is 13.8. The van der Waals surface area contributed by atoms with Crippen molar-refractivity contribution in [3.05, 3.63) is 18.1 Å². The number of rotatable bonds is 3. The molecule has 130 valence electrons. The van der Waals surface area contributed by atoms with Crippen LogP contribution in [0.25, 0.3) is 11.0 Å². The highest BCUT2D eigenvalue weighted by molar-refractivity contribution is 5.85. The molecule has 2 unspecified atom stereocenters. The Labute approximate surface area is 140 Å². The van der Waals surface area contributed by atoms with Crippen LogP contribution in [0.3, 0.4) is 0 Å². The van der Waals surface area contributed by atoms with E-state index in [-0.39, 0.29) is 6.10 Å². The SMILES string of the molecule is CC1CC(c2c[nH]c3ncnc(O[C@H]4CNCC[C@H]4F)c23)CCO1. The third-order valence-electron chi connectivity index (χ3n) is 5.00. The minimum atomic E-state index is -0.971. The Kier molecular flexibility index (Phi) is 4.37. The molecule has 2 saturated heterocycles. The van der Waals surface area contributed by atoms with Crippen molar-refractivity contribution in [3.63, 3.8) is 0 Å². The summed E-state index contributed by atoms with van der Waals surface area (Å²) in [5, 5.41) is 4.06. The van der Waals surface area contributed by atoms with Gasteiger partial charge in [0.05, 0.1) is 11.5 Å². The highest BCUT2D eigenvalue weighted by Crippen LogP contribution is 2.37. The van der Waals surface area contributed by atoms with Crippen molar-refractivity contribution in [3.8, 4) is 5.88 Å². The molecule has 0 saturated carbocycles. The minimum absolute atomic E-state index is 0.237. The van der Waals surface area contributed by atoms with Crippen molar-refractivity contribution in [2.45, 2.75) is 50.5 Å². The number of alkyl halides is 1. The first-order chi connectivity index (χ1) is 11.7. The Bertz CT molecular complexity index is 707. The van der Waals surface area contributed by atoms with Gasteiger partial charge in [-0.15, -0.1) is 0 Å². The number of aromatic nitrogens is 3. The zero-order chi connectivity index (χ0) is 16.5. The topological polar surface area (TPSA) is 72.1 Å². The van der Waals surface area contributed by atoms with Gasteiger partial charge < -0.3 is 19.8 Å². The molecule has 0 aromatic carbocycles. The first-order valence-corrected chi connectivity index (χ1v) is 8.67. The van der Waals surface area contributed by atoms with Crippen molar-refractivity contribution in [1.82, 2.24) is 20.3 Å². The van der Waals surface area contributed by atoms with E-state index in [1.165, 1.54) is 6.33 Å². The lowest BCUT2D eigenvalue weighted by molar-refractivity contribution is 0.0188. The molecular formula is C17H23FN4O2. The van der Waals surface area contributed by atoms with Crippen LogP contribution in [0.4, 0.5) is 4.39 Å². The summed E-state index contributed by atoms with van der Waals surface area (Å²) in [5.74, 6) is 0.855. The summed E-state index contributed by atoms with van der Waals surface area (Å²) >= 11 is 0. The van der Waals surface area contributed by atoms with Gasteiger partial charge in [0.1, 0.15) is 24.3 Å². The van der Waals surface area contributed by atoms with E-state index < -0.39 is 12.3 Å². The molecule has 0 spiro atoms. The average molecular weight is 334 g/mol. The van der Waals surface area contributed by atoms with Crippen molar-refractivity contribution in [2.24, 2.45) is 0 Å². The van der Waals surface area contributed by atoms with Crippen LogP contribution < -0.4 is 10.1 Å². The van der Waals surface area contributed by atoms with Gasteiger partial charge in [-0.2, -0.15) is 0 Å². The van der Waals surface area contributed by atoms with Crippen molar-refractivity contribution in [1.29, 1.82) is 0 Å². The van der Waals surface area contributed by atoms with E-state index in [1.807, 2.05) is 6.20 Å². The number of aromatic amines is 1. The Morgan fingerprint density at radius 1 is 1.33 bits per heavy atom. The Morgan fingerprint density at radius 3 is 3.08 bits per heavy atom. The lowest BCUT2D eigenvalue weighted by atomic mass is 9.89. The minimum Gasteiger partial charge on any atom is -0.469 e. The van der Waals surface area contributed by atoms with Gasteiger partial charge in [-0.25, -0.2) is 14.4 Å². The molecule has 4 rings (SSSR count). The molecule has 2 fully saturated rings. The smallest absolute Gasteiger partial charge is 0.226 e. The van der Waals surface area contributed by atoms with Crippen LogP contribution in [0.2, 0.25) is 0 Å². The fourth-order valence-electron chi connectivity index (χ4n) is 3.71. The van der Waals surface area contributed by atoms with E-state index in [1.54, 1.807) is 0 Å². The quantitative estimate of drug-likeness (QED) is 0.901.